The number of benzene rings is 2. The fourth-order valence-corrected chi connectivity index (χ4v) is 2.23. The molecule has 2 rings (SSSR count). The van der Waals surface area contributed by atoms with Crippen molar-refractivity contribution in [3.8, 4) is 0 Å². The molecule has 4 N–H and O–H groups in total. The highest BCUT2D eigenvalue weighted by molar-refractivity contribution is 5.83. The quantitative estimate of drug-likeness (QED) is 0.753. The molecule has 0 aliphatic rings. The van der Waals surface area contributed by atoms with E-state index in [0.29, 0.717) is 6.54 Å². The zero-order chi connectivity index (χ0) is 15.1. The van der Waals surface area contributed by atoms with Crippen molar-refractivity contribution in [3.05, 3.63) is 71.3 Å². The van der Waals surface area contributed by atoms with Crippen molar-refractivity contribution in [1.29, 1.82) is 0 Å². The Morgan fingerprint density at radius 1 is 1.10 bits per heavy atom. The first-order chi connectivity index (χ1) is 10.2. The molecule has 0 saturated heterocycles. The minimum Gasteiger partial charge on any atom is -0.392 e. The van der Waals surface area contributed by atoms with Gasteiger partial charge in [0.25, 0.3) is 0 Å². The number of nitrogens with two attached hydrogens (primary N) is 1. The average Bonchev–Trinajstić information content (AvgIpc) is 2.55. The molecule has 2 aromatic rings. The second-order valence-corrected chi connectivity index (χ2v) is 4.89. The van der Waals surface area contributed by atoms with Crippen LogP contribution in [0.25, 0.3) is 0 Å². The van der Waals surface area contributed by atoms with Crippen molar-refractivity contribution < 1.29 is 9.90 Å². The lowest BCUT2D eigenvalue weighted by molar-refractivity contribution is -0.122. The minimum absolute atomic E-state index is 0.00275. The smallest absolute Gasteiger partial charge is 0.229 e. The number of aliphatic hydroxyl groups excluding tert-OH is 1. The summed E-state index contributed by atoms with van der Waals surface area (Å²) < 4.78 is 0. The summed E-state index contributed by atoms with van der Waals surface area (Å²) in [7, 11) is 0. The second-order valence-electron chi connectivity index (χ2n) is 4.89. The Morgan fingerprint density at radius 3 is 2.48 bits per heavy atom. The number of hydrogen-bond acceptors (Lipinski definition) is 3. The Balaban J connectivity index is 2.00. The highest BCUT2D eigenvalue weighted by atomic mass is 16.3. The van der Waals surface area contributed by atoms with Crippen molar-refractivity contribution in [1.82, 2.24) is 5.32 Å². The lowest BCUT2D eigenvalue weighted by atomic mass is 9.98. The predicted molar refractivity (Wildman–Crippen MR) is 82.4 cm³/mol. The number of amides is 1. The van der Waals surface area contributed by atoms with Crippen LogP contribution in [0.2, 0.25) is 0 Å². The van der Waals surface area contributed by atoms with E-state index >= 15 is 0 Å². The van der Waals surface area contributed by atoms with E-state index in [9.17, 15) is 4.79 Å². The van der Waals surface area contributed by atoms with Crippen molar-refractivity contribution in [2.24, 2.45) is 5.73 Å². The number of hydrogen-bond donors (Lipinski definition) is 3. The Bertz CT molecular complexity index is 584. The van der Waals surface area contributed by atoms with Crippen LogP contribution in [0.15, 0.2) is 54.6 Å². The third kappa shape index (κ3) is 4.15. The number of nitrogens with one attached hydrogen (secondary N) is 1. The van der Waals surface area contributed by atoms with E-state index in [1.54, 1.807) is 0 Å². The summed E-state index contributed by atoms with van der Waals surface area (Å²) in [5.41, 5.74) is 8.44. The zero-order valence-corrected chi connectivity index (χ0v) is 11.8. The summed E-state index contributed by atoms with van der Waals surface area (Å²) in [6.45, 7) is 0.694. The van der Waals surface area contributed by atoms with Gasteiger partial charge >= 0.3 is 0 Å². The maximum atomic E-state index is 12.3. The molecule has 0 aliphatic heterocycles. The lowest BCUT2D eigenvalue weighted by Gasteiger charge is -2.15. The monoisotopic (exact) mass is 284 g/mol. The SMILES string of the molecule is NCC(C(=O)NCc1cccc(CO)c1)c1ccccc1. The number of aliphatic hydroxyl groups is 1. The van der Waals surface area contributed by atoms with Gasteiger partial charge in [-0.05, 0) is 16.7 Å². The van der Waals surface area contributed by atoms with E-state index in [1.165, 1.54) is 0 Å². The van der Waals surface area contributed by atoms with E-state index in [-0.39, 0.29) is 25.0 Å². The molecule has 1 unspecified atom stereocenters. The maximum Gasteiger partial charge on any atom is 0.229 e. The highest BCUT2D eigenvalue weighted by Gasteiger charge is 2.18. The van der Waals surface area contributed by atoms with Crippen molar-refractivity contribution in [2.75, 3.05) is 6.54 Å². The van der Waals surface area contributed by atoms with Gasteiger partial charge in [-0.3, -0.25) is 4.79 Å². The molecule has 0 spiro atoms. The minimum atomic E-state index is -0.341. The van der Waals surface area contributed by atoms with Crippen LogP contribution in [0.3, 0.4) is 0 Å². The molecule has 1 atom stereocenters. The standard InChI is InChI=1S/C17H20N2O2/c18-10-16(15-7-2-1-3-8-15)17(21)19-11-13-5-4-6-14(9-13)12-20/h1-9,16,20H,10-12,18H2,(H,19,21). The molecule has 21 heavy (non-hydrogen) atoms. The Hall–Kier alpha value is -2.17. The molecule has 110 valence electrons. The average molecular weight is 284 g/mol. The molecular formula is C17H20N2O2. The highest BCUT2D eigenvalue weighted by Crippen LogP contribution is 2.14. The van der Waals surface area contributed by atoms with Crippen molar-refractivity contribution in [2.45, 2.75) is 19.1 Å². The first-order valence-electron chi connectivity index (χ1n) is 6.96. The fraction of sp³-hybridized carbons (Fsp3) is 0.235. The molecule has 4 heteroatoms. The van der Waals surface area contributed by atoms with Gasteiger partial charge in [-0.2, -0.15) is 0 Å². The number of carbonyl (C=O) groups is 1. The van der Waals surface area contributed by atoms with Gasteiger partial charge in [0, 0.05) is 13.1 Å². The van der Waals surface area contributed by atoms with E-state index < -0.39 is 0 Å². The molecule has 0 aromatic heterocycles. The third-order valence-electron chi connectivity index (χ3n) is 3.39. The molecule has 0 radical (unpaired) electrons. The van der Waals surface area contributed by atoms with Crippen LogP contribution >= 0.6 is 0 Å². The van der Waals surface area contributed by atoms with Crippen LogP contribution in [0, 0.1) is 0 Å². The Kier molecular flexibility index (Phi) is 5.49. The normalized spacial score (nSPS) is 11.9. The van der Waals surface area contributed by atoms with Gasteiger partial charge in [0.2, 0.25) is 5.91 Å². The van der Waals surface area contributed by atoms with E-state index in [0.717, 1.165) is 16.7 Å². The van der Waals surface area contributed by atoms with E-state index in [2.05, 4.69) is 5.32 Å². The van der Waals surface area contributed by atoms with Gasteiger partial charge in [-0.1, -0.05) is 54.6 Å². The molecule has 0 saturated carbocycles. The number of rotatable bonds is 6. The second kappa shape index (κ2) is 7.57. The van der Waals surface area contributed by atoms with Crippen molar-refractivity contribution in [3.63, 3.8) is 0 Å². The Labute approximate surface area is 124 Å². The summed E-state index contributed by atoms with van der Waals surface area (Å²) in [6.07, 6.45) is 0. The van der Waals surface area contributed by atoms with Crippen LogP contribution < -0.4 is 11.1 Å². The molecule has 1 amide bonds. The van der Waals surface area contributed by atoms with Crippen LogP contribution in [0.4, 0.5) is 0 Å². The molecule has 2 aromatic carbocycles. The molecule has 0 aliphatic carbocycles. The zero-order valence-electron chi connectivity index (χ0n) is 11.8. The lowest BCUT2D eigenvalue weighted by Crippen LogP contribution is -2.33. The molecule has 4 nitrogen and oxygen atoms in total. The molecule has 0 heterocycles. The van der Waals surface area contributed by atoms with Crippen molar-refractivity contribution >= 4 is 5.91 Å². The van der Waals surface area contributed by atoms with Gasteiger partial charge in [0.1, 0.15) is 0 Å². The summed E-state index contributed by atoms with van der Waals surface area (Å²) in [5.74, 6) is -0.426. The third-order valence-corrected chi connectivity index (χ3v) is 3.39. The van der Waals surface area contributed by atoms with E-state index in [4.69, 9.17) is 10.8 Å². The van der Waals surface area contributed by atoms with Crippen LogP contribution in [0.5, 0.6) is 0 Å². The van der Waals surface area contributed by atoms with Crippen LogP contribution in [0.1, 0.15) is 22.6 Å². The van der Waals surface area contributed by atoms with Crippen LogP contribution in [-0.2, 0) is 17.9 Å². The summed E-state index contributed by atoms with van der Waals surface area (Å²) in [5, 5.41) is 12.0. The van der Waals surface area contributed by atoms with Gasteiger partial charge in [-0.15, -0.1) is 0 Å². The summed E-state index contributed by atoms with van der Waals surface area (Å²) in [6, 6.07) is 17.0. The maximum absolute atomic E-state index is 12.3. The van der Waals surface area contributed by atoms with Gasteiger partial charge in [0.05, 0.1) is 12.5 Å². The fourth-order valence-electron chi connectivity index (χ4n) is 2.23. The number of carbonyl (C=O) groups excluding carboxylic acids is 1. The summed E-state index contributed by atoms with van der Waals surface area (Å²) >= 11 is 0. The largest absolute Gasteiger partial charge is 0.392 e. The summed E-state index contributed by atoms with van der Waals surface area (Å²) in [4.78, 5) is 12.3. The molecule has 0 fully saturated rings. The predicted octanol–water partition coefficient (Wildman–Crippen LogP) is 1.54. The van der Waals surface area contributed by atoms with Gasteiger partial charge < -0.3 is 16.2 Å². The van der Waals surface area contributed by atoms with Crippen LogP contribution in [-0.4, -0.2) is 17.6 Å². The van der Waals surface area contributed by atoms with Gasteiger partial charge in [0.15, 0.2) is 0 Å². The first kappa shape index (κ1) is 15.2. The first-order valence-corrected chi connectivity index (χ1v) is 6.96. The molecule has 0 bridgehead atoms. The Morgan fingerprint density at radius 2 is 1.81 bits per heavy atom. The molecular weight excluding hydrogens is 264 g/mol. The van der Waals surface area contributed by atoms with Gasteiger partial charge in [-0.25, -0.2) is 0 Å². The topological polar surface area (TPSA) is 75.4 Å². The van der Waals surface area contributed by atoms with E-state index in [1.807, 2.05) is 54.6 Å².